The van der Waals surface area contributed by atoms with E-state index in [9.17, 15) is 4.79 Å². The monoisotopic (exact) mass is 231 g/mol. The average molecular weight is 231 g/mol. The molecule has 1 heterocycles. The van der Waals surface area contributed by atoms with Gasteiger partial charge in [0.2, 0.25) is 0 Å². The number of aromatic nitrogens is 1. The van der Waals surface area contributed by atoms with Crippen molar-refractivity contribution >= 4 is 16.8 Å². The van der Waals surface area contributed by atoms with Crippen LogP contribution in [0.15, 0.2) is 30.5 Å². The summed E-state index contributed by atoms with van der Waals surface area (Å²) in [6, 6.07) is 7.74. The normalized spacial score (nSPS) is 12.6. The van der Waals surface area contributed by atoms with Crippen molar-refractivity contribution < 1.29 is 4.79 Å². The zero-order valence-corrected chi connectivity index (χ0v) is 9.86. The fraction of sp³-hybridized carbons (Fsp3) is 0.308. The maximum absolute atomic E-state index is 12.0. The molecule has 17 heavy (non-hydrogen) atoms. The summed E-state index contributed by atoms with van der Waals surface area (Å²) in [5.74, 6) is -0.0568. The highest BCUT2D eigenvalue weighted by molar-refractivity contribution is 6.05. The second kappa shape index (κ2) is 5.01. The van der Waals surface area contributed by atoms with Gasteiger partial charge in [-0.15, -0.1) is 0 Å². The maximum atomic E-state index is 12.0. The number of aromatic amines is 1. The van der Waals surface area contributed by atoms with E-state index in [0.29, 0.717) is 12.1 Å². The van der Waals surface area contributed by atoms with Crippen molar-refractivity contribution in [3.63, 3.8) is 0 Å². The van der Waals surface area contributed by atoms with Crippen LogP contribution < -0.4 is 11.1 Å². The first-order valence-corrected chi connectivity index (χ1v) is 5.78. The molecule has 0 aliphatic rings. The molecule has 0 spiro atoms. The van der Waals surface area contributed by atoms with E-state index in [2.05, 4.69) is 10.3 Å². The van der Waals surface area contributed by atoms with Gasteiger partial charge in [-0.2, -0.15) is 0 Å². The number of nitrogens with one attached hydrogen (secondary N) is 2. The van der Waals surface area contributed by atoms with Gasteiger partial charge in [0.25, 0.3) is 5.91 Å². The van der Waals surface area contributed by atoms with Crippen LogP contribution in [0.25, 0.3) is 10.9 Å². The standard InChI is InChI=1S/C13H17N3O/c1-9(14)5-7-16-13(17)11-4-2-3-10-6-8-15-12(10)11/h2-4,6,8-9,15H,5,7,14H2,1H3,(H,16,17). The summed E-state index contributed by atoms with van der Waals surface area (Å²) >= 11 is 0. The van der Waals surface area contributed by atoms with Crippen LogP contribution in [-0.4, -0.2) is 23.5 Å². The first-order chi connectivity index (χ1) is 8.18. The largest absolute Gasteiger partial charge is 0.361 e. The fourth-order valence-corrected chi connectivity index (χ4v) is 1.78. The van der Waals surface area contributed by atoms with Crippen LogP contribution in [0.5, 0.6) is 0 Å². The SMILES string of the molecule is CC(N)CCNC(=O)c1cccc2cc[nH]c12. The van der Waals surface area contributed by atoms with Crippen molar-refractivity contribution in [1.82, 2.24) is 10.3 Å². The fourth-order valence-electron chi connectivity index (χ4n) is 1.78. The molecule has 0 fully saturated rings. The van der Waals surface area contributed by atoms with Crippen LogP contribution in [0, 0.1) is 0 Å². The van der Waals surface area contributed by atoms with Crippen LogP contribution in [-0.2, 0) is 0 Å². The summed E-state index contributed by atoms with van der Waals surface area (Å²) in [5.41, 5.74) is 7.19. The Labute approximate surface area is 100 Å². The second-order valence-corrected chi connectivity index (χ2v) is 4.27. The molecular weight excluding hydrogens is 214 g/mol. The van der Waals surface area contributed by atoms with Gasteiger partial charge >= 0.3 is 0 Å². The topological polar surface area (TPSA) is 70.9 Å². The molecule has 0 bridgehead atoms. The van der Waals surface area contributed by atoms with Crippen LogP contribution in [0.3, 0.4) is 0 Å². The first-order valence-electron chi connectivity index (χ1n) is 5.78. The molecule has 4 heteroatoms. The Morgan fingerprint density at radius 2 is 2.29 bits per heavy atom. The Morgan fingerprint density at radius 3 is 3.06 bits per heavy atom. The predicted octanol–water partition coefficient (Wildman–Crippen LogP) is 1.63. The van der Waals surface area contributed by atoms with Crippen molar-refractivity contribution in [3.05, 3.63) is 36.0 Å². The molecule has 0 saturated heterocycles. The number of amides is 1. The van der Waals surface area contributed by atoms with Crippen molar-refractivity contribution in [3.8, 4) is 0 Å². The smallest absolute Gasteiger partial charge is 0.253 e. The zero-order valence-electron chi connectivity index (χ0n) is 9.86. The van der Waals surface area contributed by atoms with Crippen LogP contribution in [0.2, 0.25) is 0 Å². The van der Waals surface area contributed by atoms with Gasteiger partial charge in [-0.05, 0) is 25.5 Å². The molecule has 0 radical (unpaired) electrons. The lowest BCUT2D eigenvalue weighted by Crippen LogP contribution is -2.29. The van der Waals surface area contributed by atoms with Crippen molar-refractivity contribution in [2.45, 2.75) is 19.4 Å². The third kappa shape index (κ3) is 2.65. The Morgan fingerprint density at radius 1 is 1.47 bits per heavy atom. The van der Waals surface area contributed by atoms with E-state index in [0.717, 1.165) is 17.3 Å². The molecule has 2 rings (SSSR count). The van der Waals surface area contributed by atoms with Gasteiger partial charge in [0.15, 0.2) is 0 Å². The molecule has 1 aromatic heterocycles. The summed E-state index contributed by atoms with van der Waals surface area (Å²) in [4.78, 5) is 15.0. The minimum absolute atomic E-state index is 0.0568. The van der Waals surface area contributed by atoms with Crippen LogP contribution in [0.1, 0.15) is 23.7 Å². The molecule has 0 saturated carbocycles. The number of H-pyrrole nitrogens is 1. The van der Waals surface area contributed by atoms with Gasteiger partial charge in [-0.25, -0.2) is 0 Å². The number of para-hydroxylation sites is 1. The maximum Gasteiger partial charge on any atom is 0.253 e. The van der Waals surface area contributed by atoms with E-state index in [1.807, 2.05) is 37.4 Å². The Bertz CT molecular complexity index is 516. The Kier molecular flexibility index (Phi) is 3.44. The average Bonchev–Trinajstić information content (AvgIpc) is 2.75. The molecule has 1 amide bonds. The molecule has 90 valence electrons. The van der Waals surface area contributed by atoms with Crippen molar-refractivity contribution in [1.29, 1.82) is 0 Å². The van der Waals surface area contributed by atoms with Gasteiger partial charge in [0.05, 0.1) is 11.1 Å². The number of hydrogen-bond donors (Lipinski definition) is 3. The number of benzene rings is 1. The van der Waals surface area contributed by atoms with Gasteiger partial charge in [0, 0.05) is 24.2 Å². The number of rotatable bonds is 4. The molecule has 1 aromatic carbocycles. The van der Waals surface area contributed by atoms with Gasteiger partial charge in [0.1, 0.15) is 0 Å². The van der Waals surface area contributed by atoms with Crippen molar-refractivity contribution in [2.24, 2.45) is 5.73 Å². The molecule has 0 aliphatic carbocycles. The van der Waals surface area contributed by atoms with E-state index >= 15 is 0 Å². The lowest BCUT2D eigenvalue weighted by Gasteiger charge is -2.08. The van der Waals surface area contributed by atoms with Gasteiger partial charge in [-0.1, -0.05) is 12.1 Å². The van der Waals surface area contributed by atoms with E-state index in [1.54, 1.807) is 0 Å². The third-order valence-electron chi connectivity index (χ3n) is 2.72. The molecule has 4 nitrogen and oxygen atoms in total. The number of nitrogens with two attached hydrogens (primary N) is 1. The van der Waals surface area contributed by atoms with Crippen LogP contribution >= 0.6 is 0 Å². The number of carbonyl (C=O) groups is 1. The Balaban J connectivity index is 2.11. The first kappa shape index (κ1) is 11.7. The minimum atomic E-state index is -0.0568. The summed E-state index contributed by atoms with van der Waals surface area (Å²) in [6.07, 6.45) is 2.62. The van der Waals surface area contributed by atoms with E-state index in [1.165, 1.54) is 0 Å². The van der Waals surface area contributed by atoms with E-state index in [-0.39, 0.29) is 11.9 Å². The summed E-state index contributed by atoms with van der Waals surface area (Å²) in [5, 5.41) is 3.92. The summed E-state index contributed by atoms with van der Waals surface area (Å²) in [7, 11) is 0. The van der Waals surface area contributed by atoms with E-state index < -0.39 is 0 Å². The van der Waals surface area contributed by atoms with Crippen LogP contribution in [0.4, 0.5) is 0 Å². The lowest BCUT2D eigenvalue weighted by molar-refractivity contribution is 0.0954. The second-order valence-electron chi connectivity index (χ2n) is 4.27. The van der Waals surface area contributed by atoms with Gasteiger partial charge in [-0.3, -0.25) is 4.79 Å². The molecule has 1 atom stereocenters. The summed E-state index contributed by atoms with van der Waals surface area (Å²) in [6.45, 7) is 2.53. The molecule has 1 unspecified atom stereocenters. The van der Waals surface area contributed by atoms with Crippen molar-refractivity contribution in [2.75, 3.05) is 6.54 Å². The number of fused-ring (bicyclic) bond motifs is 1. The quantitative estimate of drug-likeness (QED) is 0.748. The predicted molar refractivity (Wildman–Crippen MR) is 68.9 cm³/mol. The zero-order chi connectivity index (χ0) is 12.3. The Hall–Kier alpha value is -1.81. The third-order valence-corrected chi connectivity index (χ3v) is 2.72. The highest BCUT2D eigenvalue weighted by Crippen LogP contribution is 2.16. The lowest BCUT2D eigenvalue weighted by atomic mass is 10.1. The molecule has 4 N–H and O–H groups in total. The number of carbonyl (C=O) groups excluding carboxylic acids is 1. The molecule has 0 aliphatic heterocycles. The van der Waals surface area contributed by atoms with Gasteiger partial charge < -0.3 is 16.0 Å². The summed E-state index contributed by atoms with van der Waals surface area (Å²) < 4.78 is 0. The minimum Gasteiger partial charge on any atom is -0.361 e. The highest BCUT2D eigenvalue weighted by Gasteiger charge is 2.09. The van der Waals surface area contributed by atoms with E-state index in [4.69, 9.17) is 5.73 Å². The molecular formula is C13H17N3O. The number of hydrogen-bond acceptors (Lipinski definition) is 2. The molecule has 2 aromatic rings. The highest BCUT2D eigenvalue weighted by atomic mass is 16.1.